The number of benzene rings is 1. The molecule has 100 valence electrons. The molecule has 1 aromatic carbocycles. The van der Waals surface area contributed by atoms with E-state index in [1.165, 1.54) is 36.9 Å². The molecule has 0 amide bonds. The Labute approximate surface area is 111 Å². The normalized spacial score (nSPS) is 19.1. The molecule has 2 nitrogen and oxygen atoms in total. The highest BCUT2D eigenvalue weighted by atomic mass is 15.2. The fourth-order valence-electron chi connectivity index (χ4n) is 2.76. The Morgan fingerprint density at radius 1 is 1.28 bits per heavy atom. The van der Waals surface area contributed by atoms with Crippen LogP contribution in [0.5, 0.6) is 0 Å². The van der Waals surface area contributed by atoms with Crippen molar-refractivity contribution >= 4 is 5.69 Å². The third-order valence-electron chi connectivity index (χ3n) is 4.62. The summed E-state index contributed by atoms with van der Waals surface area (Å²) in [5.41, 5.74) is 8.72. The van der Waals surface area contributed by atoms with Crippen LogP contribution in [0, 0.1) is 12.8 Å². The Hall–Kier alpha value is -1.02. The maximum absolute atomic E-state index is 6.06. The molecule has 0 heterocycles. The highest BCUT2D eigenvalue weighted by Crippen LogP contribution is 2.36. The van der Waals surface area contributed by atoms with Gasteiger partial charge in [-0.2, -0.15) is 0 Å². The van der Waals surface area contributed by atoms with E-state index in [1.54, 1.807) is 0 Å². The number of rotatable bonds is 5. The van der Waals surface area contributed by atoms with Gasteiger partial charge >= 0.3 is 0 Å². The molecule has 2 rings (SSSR count). The van der Waals surface area contributed by atoms with Crippen LogP contribution in [0.15, 0.2) is 24.3 Å². The summed E-state index contributed by atoms with van der Waals surface area (Å²) in [6.07, 6.45) is 5.39. The van der Waals surface area contributed by atoms with E-state index in [0.717, 1.165) is 5.92 Å². The second-order valence-electron chi connectivity index (χ2n) is 6.10. The first-order valence-electron chi connectivity index (χ1n) is 7.06. The van der Waals surface area contributed by atoms with Crippen molar-refractivity contribution < 1.29 is 0 Å². The molecule has 0 bridgehead atoms. The molecule has 0 aliphatic heterocycles. The molecule has 1 aliphatic carbocycles. The lowest BCUT2D eigenvalue weighted by Gasteiger charge is -2.44. The standard InChI is InChI=1S/C16H26N2/c1-13-7-9-15(10-8-13)18(3)16(2,12-17)11-14-5-4-6-14/h7-10,14H,4-6,11-12,17H2,1-3H3. The molecular formula is C16H26N2. The fourth-order valence-corrected chi connectivity index (χ4v) is 2.76. The molecule has 1 aromatic rings. The Morgan fingerprint density at radius 2 is 1.89 bits per heavy atom. The van der Waals surface area contributed by atoms with Crippen LogP contribution < -0.4 is 10.6 Å². The lowest BCUT2D eigenvalue weighted by Crippen LogP contribution is -2.51. The molecule has 0 radical (unpaired) electrons. The summed E-state index contributed by atoms with van der Waals surface area (Å²) in [5, 5.41) is 0. The van der Waals surface area contributed by atoms with E-state index in [0.29, 0.717) is 6.54 Å². The summed E-state index contributed by atoms with van der Waals surface area (Å²) in [5.74, 6) is 0.881. The second kappa shape index (κ2) is 5.31. The van der Waals surface area contributed by atoms with Crippen molar-refractivity contribution in [1.82, 2.24) is 0 Å². The zero-order valence-corrected chi connectivity index (χ0v) is 11.9. The maximum atomic E-state index is 6.06. The summed E-state index contributed by atoms with van der Waals surface area (Å²) in [7, 11) is 2.18. The third kappa shape index (κ3) is 2.69. The SMILES string of the molecule is Cc1ccc(N(C)C(C)(CN)CC2CCC2)cc1. The highest BCUT2D eigenvalue weighted by Gasteiger charge is 2.33. The van der Waals surface area contributed by atoms with Crippen molar-refractivity contribution in [2.24, 2.45) is 11.7 Å². The third-order valence-corrected chi connectivity index (χ3v) is 4.62. The largest absolute Gasteiger partial charge is 0.368 e. The molecule has 1 aliphatic rings. The number of hydrogen-bond acceptors (Lipinski definition) is 2. The van der Waals surface area contributed by atoms with Gasteiger partial charge in [-0.05, 0) is 38.3 Å². The van der Waals surface area contributed by atoms with Crippen LogP contribution in [0.2, 0.25) is 0 Å². The van der Waals surface area contributed by atoms with Crippen LogP contribution >= 0.6 is 0 Å². The van der Waals surface area contributed by atoms with E-state index in [2.05, 4.69) is 50.1 Å². The van der Waals surface area contributed by atoms with Gasteiger partial charge in [-0.15, -0.1) is 0 Å². The van der Waals surface area contributed by atoms with Crippen molar-refractivity contribution in [2.45, 2.75) is 45.1 Å². The molecule has 1 fully saturated rings. The van der Waals surface area contributed by atoms with E-state index in [4.69, 9.17) is 5.73 Å². The Balaban J connectivity index is 2.12. The quantitative estimate of drug-likeness (QED) is 0.863. The predicted molar refractivity (Wildman–Crippen MR) is 79.0 cm³/mol. The lowest BCUT2D eigenvalue weighted by molar-refractivity contribution is 0.233. The minimum absolute atomic E-state index is 0.0837. The van der Waals surface area contributed by atoms with Crippen molar-refractivity contribution in [2.75, 3.05) is 18.5 Å². The summed E-state index contributed by atoms with van der Waals surface area (Å²) >= 11 is 0. The number of anilines is 1. The molecule has 0 aromatic heterocycles. The van der Waals surface area contributed by atoms with Crippen molar-refractivity contribution in [1.29, 1.82) is 0 Å². The molecule has 2 N–H and O–H groups in total. The van der Waals surface area contributed by atoms with Crippen LogP contribution in [0.4, 0.5) is 5.69 Å². The first kappa shape index (κ1) is 13.4. The lowest BCUT2D eigenvalue weighted by atomic mass is 9.76. The Morgan fingerprint density at radius 3 is 2.33 bits per heavy atom. The number of likely N-dealkylation sites (N-methyl/N-ethyl adjacent to an activating group) is 1. The van der Waals surface area contributed by atoms with Gasteiger partial charge in [0, 0.05) is 24.8 Å². The van der Waals surface area contributed by atoms with Gasteiger partial charge in [0.15, 0.2) is 0 Å². The van der Waals surface area contributed by atoms with Crippen LogP contribution in [0.3, 0.4) is 0 Å². The zero-order chi connectivity index (χ0) is 13.2. The summed E-state index contributed by atoms with van der Waals surface area (Å²) < 4.78 is 0. The molecule has 18 heavy (non-hydrogen) atoms. The van der Waals surface area contributed by atoms with E-state index in [-0.39, 0.29) is 5.54 Å². The van der Waals surface area contributed by atoms with Gasteiger partial charge in [0.2, 0.25) is 0 Å². The smallest absolute Gasteiger partial charge is 0.0495 e. The number of nitrogens with zero attached hydrogens (tertiary/aromatic N) is 1. The van der Waals surface area contributed by atoms with Gasteiger partial charge in [0.25, 0.3) is 0 Å². The van der Waals surface area contributed by atoms with Gasteiger partial charge in [0.05, 0.1) is 0 Å². The monoisotopic (exact) mass is 246 g/mol. The topological polar surface area (TPSA) is 29.3 Å². The maximum Gasteiger partial charge on any atom is 0.0495 e. The summed E-state index contributed by atoms with van der Waals surface area (Å²) in [6.45, 7) is 5.14. The number of nitrogens with two attached hydrogens (primary N) is 1. The van der Waals surface area contributed by atoms with E-state index >= 15 is 0 Å². The molecule has 1 unspecified atom stereocenters. The average Bonchev–Trinajstić information content (AvgIpc) is 2.34. The molecule has 0 saturated heterocycles. The summed E-state index contributed by atoms with van der Waals surface area (Å²) in [4.78, 5) is 2.37. The molecular weight excluding hydrogens is 220 g/mol. The van der Waals surface area contributed by atoms with Crippen LogP contribution in [0.25, 0.3) is 0 Å². The van der Waals surface area contributed by atoms with Crippen molar-refractivity contribution in [3.8, 4) is 0 Å². The first-order chi connectivity index (χ1) is 8.55. The van der Waals surface area contributed by atoms with Gasteiger partial charge in [-0.1, -0.05) is 37.0 Å². The van der Waals surface area contributed by atoms with Crippen LogP contribution in [0.1, 0.15) is 38.2 Å². The number of hydrogen-bond donors (Lipinski definition) is 1. The molecule has 1 saturated carbocycles. The van der Waals surface area contributed by atoms with E-state index in [1.807, 2.05) is 0 Å². The Kier molecular flexibility index (Phi) is 3.96. The second-order valence-corrected chi connectivity index (χ2v) is 6.10. The van der Waals surface area contributed by atoms with Gasteiger partial charge in [-0.3, -0.25) is 0 Å². The first-order valence-corrected chi connectivity index (χ1v) is 7.06. The van der Waals surface area contributed by atoms with Crippen molar-refractivity contribution in [3.63, 3.8) is 0 Å². The molecule has 1 atom stereocenters. The predicted octanol–water partition coefficient (Wildman–Crippen LogP) is 3.34. The van der Waals surface area contributed by atoms with Gasteiger partial charge in [-0.25, -0.2) is 0 Å². The van der Waals surface area contributed by atoms with Crippen molar-refractivity contribution in [3.05, 3.63) is 29.8 Å². The molecule has 0 spiro atoms. The van der Waals surface area contributed by atoms with Gasteiger partial charge < -0.3 is 10.6 Å². The van der Waals surface area contributed by atoms with Gasteiger partial charge in [0.1, 0.15) is 0 Å². The zero-order valence-electron chi connectivity index (χ0n) is 11.9. The average molecular weight is 246 g/mol. The minimum Gasteiger partial charge on any atom is -0.368 e. The fraction of sp³-hybridized carbons (Fsp3) is 0.625. The van der Waals surface area contributed by atoms with Crippen LogP contribution in [-0.2, 0) is 0 Å². The molecule has 2 heteroatoms. The van der Waals surface area contributed by atoms with Crippen LogP contribution in [-0.4, -0.2) is 19.1 Å². The van der Waals surface area contributed by atoms with E-state index < -0.39 is 0 Å². The summed E-state index contributed by atoms with van der Waals surface area (Å²) in [6, 6.07) is 8.74. The Bertz CT molecular complexity index is 381. The highest BCUT2D eigenvalue weighted by molar-refractivity contribution is 5.49. The minimum atomic E-state index is 0.0837. The van der Waals surface area contributed by atoms with E-state index in [9.17, 15) is 0 Å². The number of aryl methyl sites for hydroxylation is 1.